The van der Waals surface area contributed by atoms with Crippen molar-refractivity contribution in [2.24, 2.45) is 7.05 Å². The van der Waals surface area contributed by atoms with Crippen LogP contribution in [0.15, 0.2) is 49.1 Å². The molecule has 27 heavy (non-hydrogen) atoms. The Kier molecular flexibility index (Phi) is 5.02. The Balaban J connectivity index is 1.53. The van der Waals surface area contributed by atoms with Gasteiger partial charge in [0.25, 0.3) is 0 Å². The molecule has 0 N–H and O–H groups in total. The molecule has 140 valence electrons. The number of benzene rings is 1. The van der Waals surface area contributed by atoms with E-state index >= 15 is 0 Å². The third kappa shape index (κ3) is 3.78. The fraction of sp³-hybridized carbons (Fsp3) is 0.350. The molecular formula is C20H23N5O2. The monoisotopic (exact) mass is 365 g/mol. The highest BCUT2D eigenvalue weighted by atomic mass is 16.5. The van der Waals surface area contributed by atoms with E-state index in [1.807, 2.05) is 49.9 Å². The minimum Gasteiger partial charge on any atom is -0.493 e. The third-order valence-electron chi connectivity index (χ3n) is 4.89. The van der Waals surface area contributed by atoms with Crippen LogP contribution in [0.5, 0.6) is 17.4 Å². The van der Waals surface area contributed by atoms with Crippen molar-refractivity contribution in [1.29, 1.82) is 0 Å². The lowest BCUT2D eigenvalue weighted by Gasteiger charge is -2.23. The maximum atomic E-state index is 5.93. The molecule has 1 aromatic carbocycles. The maximum Gasteiger partial charge on any atom is 0.238 e. The molecule has 1 saturated heterocycles. The van der Waals surface area contributed by atoms with Crippen LogP contribution in [0.25, 0.3) is 0 Å². The molecule has 0 spiro atoms. The second-order valence-electron chi connectivity index (χ2n) is 6.62. The molecule has 0 bridgehead atoms. The summed E-state index contributed by atoms with van der Waals surface area (Å²) in [5.41, 5.74) is 0.925. The number of likely N-dealkylation sites (tertiary alicyclic amines) is 1. The summed E-state index contributed by atoms with van der Waals surface area (Å²) in [5.74, 6) is 2.82. The van der Waals surface area contributed by atoms with Gasteiger partial charge in [-0.1, -0.05) is 12.1 Å². The number of hydrogen-bond acceptors (Lipinski definition) is 6. The van der Waals surface area contributed by atoms with Crippen LogP contribution >= 0.6 is 0 Å². The molecule has 1 aliphatic heterocycles. The predicted octanol–water partition coefficient (Wildman–Crippen LogP) is 3.35. The molecule has 3 heterocycles. The number of imidazole rings is 1. The van der Waals surface area contributed by atoms with Crippen molar-refractivity contribution in [1.82, 2.24) is 24.4 Å². The van der Waals surface area contributed by atoms with E-state index in [0.29, 0.717) is 17.4 Å². The lowest BCUT2D eigenvalue weighted by molar-refractivity contribution is 0.234. The van der Waals surface area contributed by atoms with Crippen LogP contribution < -0.4 is 9.47 Å². The Bertz CT molecular complexity index is 911. The molecule has 1 aliphatic rings. The van der Waals surface area contributed by atoms with Crippen molar-refractivity contribution >= 4 is 0 Å². The molecular weight excluding hydrogens is 342 g/mol. The van der Waals surface area contributed by atoms with Crippen LogP contribution in [-0.2, 0) is 13.6 Å². The number of ether oxygens (including phenoxy) is 2. The van der Waals surface area contributed by atoms with Gasteiger partial charge in [0.1, 0.15) is 5.82 Å². The minimum atomic E-state index is 0.218. The zero-order chi connectivity index (χ0) is 18.6. The maximum absolute atomic E-state index is 5.93. The van der Waals surface area contributed by atoms with E-state index in [1.165, 1.54) is 0 Å². The number of para-hydroxylation sites is 2. The number of rotatable bonds is 6. The van der Waals surface area contributed by atoms with E-state index in [9.17, 15) is 0 Å². The van der Waals surface area contributed by atoms with Crippen LogP contribution in [-0.4, -0.2) is 38.1 Å². The highest BCUT2D eigenvalue weighted by Gasteiger charge is 2.28. The number of aromatic nitrogens is 4. The van der Waals surface area contributed by atoms with Crippen molar-refractivity contribution in [3.8, 4) is 17.4 Å². The second kappa shape index (κ2) is 7.75. The highest BCUT2D eigenvalue weighted by molar-refractivity contribution is 5.41. The normalized spacial score (nSPS) is 17.2. The number of nitrogens with zero attached hydrogens (tertiary/aromatic N) is 5. The van der Waals surface area contributed by atoms with Crippen molar-refractivity contribution in [2.75, 3.05) is 13.7 Å². The first kappa shape index (κ1) is 17.5. The molecule has 0 radical (unpaired) electrons. The van der Waals surface area contributed by atoms with Gasteiger partial charge in [0.05, 0.1) is 37.8 Å². The number of aryl methyl sites for hydroxylation is 1. The zero-order valence-electron chi connectivity index (χ0n) is 15.6. The Morgan fingerprint density at radius 3 is 2.81 bits per heavy atom. The standard InChI is InChI=1S/C20H23N5O2/c1-24-11-9-22-19(24)14-25-10-5-6-16(25)15-12-21-13-20(23-15)27-18-8-4-3-7-17(18)26-2/h3-4,7-9,11-13,16H,5-6,10,14H2,1-2H3/t16-/m0/s1. The third-order valence-corrected chi connectivity index (χ3v) is 4.89. The summed E-state index contributed by atoms with van der Waals surface area (Å²) in [6.07, 6.45) is 9.46. The zero-order valence-corrected chi connectivity index (χ0v) is 15.6. The van der Waals surface area contributed by atoms with Crippen molar-refractivity contribution in [3.63, 3.8) is 0 Å². The largest absolute Gasteiger partial charge is 0.493 e. The van der Waals surface area contributed by atoms with E-state index in [1.54, 1.807) is 13.3 Å². The Hall–Kier alpha value is -2.93. The summed E-state index contributed by atoms with van der Waals surface area (Å²) >= 11 is 0. The Morgan fingerprint density at radius 2 is 2.04 bits per heavy atom. The van der Waals surface area contributed by atoms with Gasteiger partial charge in [0.15, 0.2) is 11.5 Å². The Morgan fingerprint density at radius 1 is 1.19 bits per heavy atom. The SMILES string of the molecule is COc1ccccc1Oc1cncc([C@@H]2CCCN2Cc2nccn2C)n1. The Labute approximate surface area is 158 Å². The summed E-state index contributed by atoms with van der Waals surface area (Å²) in [7, 11) is 3.65. The van der Waals surface area contributed by atoms with Crippen LogP contribution in [0, 0.1) is 0 Å². The van der Waals surface area contributed by atoms with Gasteiger partial charge in [-0.2, -0.15) is 0 Å². The highest BCUT2D eigenvalue weighted by Crippen LogP contribution is 2.34. The van der Waals surface area contributed by atoms with Crippen molar-refractivity contribution in [2.45, 2.75) is 25.4 Å². The van der Waals surface area contributed by atoms with Gasteiger partial charge >= 0.3 is 0 Å². The van der Waals surface area contributed by atoms with Crippen molar-refractivity contribution in [3.05, 3.63) is 60.6 Å². The lowest BCUT2D eigenvalue weighted by atomic mass is 10.1. The molecule has 0 aliphatic carbocycles. The summed E-state index contributed by atoms with van der Waals surface area (Å²) in [6, 6.07) is 7.74. The van der Waals surface area contributed by atoms with Crippen LogP contribution in [0.1, 0.15) is 30.4 Å². The van der Waals surface area contributed by atoms with Gasteiger partial charge in [-0.05, 0) is 31.5 Å². The molecule has 4 rings (SSSR count). The van der Waals surface area contributed by atoms with E-state index in [4.69, 9.17) is 14.5 Å². The molecule has 1 atom stereocenters. The quantitative estimate of drug-likeness (QED) is 0.667. The molecule has 0 amide bonds. The topological polar surface area (TPSA) is 65.3 Å². The minimum absolute atomic E-state index is 0.218. The van der Waals surface area contributed by atoms with E-state index < -0.39 is 0 Å². The summed E-state index contributed by atoms with van der Waals surface area (Å²) in [4.78, 5) is 15.9. The van der Waals surface area contributed by atoms with Crippen LogP contribution in [0.4, 0.5) is 0 Å². The van der Waals surface area contributed by atoms with Gasteiger partial charge in [-0.3, -0.25) is 9.88 Å². The summed E-state index contributed by atoms with van der Waals surface area (Å²) in [5, 5.41) is 0. The van der Waals surface area contributed by atoms with E-state index in [2.05, 4.69) is 19.4 Å². The average Bonchev–Trinajstić information content (AvgIpc) is 3.32. The van der Waals surface area contributed by atoms with E-state index in [-0.39, 0.29) is 6.04 Å². The first-order chi connectivity index (χ1) is 13.2. The molecule has 7 nitrogen and oxygen atoms in total. The molecule has 0 unspecified atom stereocenters. The smallest absolute Gasteiger partial charge is 0.238 e. The first-order valence-corrected chi connectivity index (χ1v) is 9.07. The van der Waals surface area contributed by atoms with Crippen LogP contribution in [0.3, 0.4) is 0 Å². The molecule has 7 heteroatoms. The fourth-order valence-electron chi connectivity index (χ4n) is 3.47. The van der Waals surface area contributed by atoms with Gasteiger partial charge in [-0.25, -0.2) is 9.97 Å². The second-order valence-corrected chi connectivity index (χ2v) is 6.62. The predicted molar refractivity (Wildman–Crippen MR) is 101 cm³/mol. The summed E-state index contributed by atoms with van der Waals surface area (Å²) < 4.78 is 13.3. The van der Waals surface area contributed by atoms with Gasteiger partial charge in [0, 0.05) is 19.4 Å². The van der Waals surface area contributed by atoms with Gasteiger partial charge < -0.3 is 14.0 Å². The molecule has 1 fully saturated rings. The molecule has 2 aromatic heterocycles. The molecule has 0 saturated carbocycles. The molecule has 3 aromatic rings. The average molecular weight is 365 g/mol. The van der Waals surface area contributed by atoms with Gasteiger partial charge in [-0.15, -0.1) is 0 Å². The number of hydrogen-bond donors (Lipinski definition) is 0. The fourth-order valence-corrected chi connectivity index (χ4v) is 3.47. The summed E-state index contributed by atoms with van der Waals surface area (Å²) in [6.45, 7) is 1.82. The van der Waals surface area contributed by atoms with E-state index in [0.717, 1.165) is 37.4 Å². The number of methoxy groups -OCH3 is 1. The van der Waals surface area contributed by atoms with Crippen molar-refractivity contribution < 1.29 is 9.47 Å². The van der Waals surface area contributed by atoms with Gasteiger partial charge in [0.2, 0.25) is 5.88 Å². The lowest BCUT2D eigenvalue weighted by Crippen LogP contribution is -2.25. The van der Waals surface area contributed by atoms with Crippen LogP contribution in [0.2, 0.25) is 0 Å². The first-order valence-electron chi connectivity index (χ1n) is 9.07.